The van der Waals surface area contributed by atoms with E-state index >= 15 is 0 Å². The van der Waals surface area contributed by atoms with Gasteiger partial charge in [-0.3, -0.25) is 10.1 Å². The number of nitro benzene ring substituents is 1. The maximum absolute atomic E-state index is 10.6. The zero-order valence-electron chi connectivity index (χ0n) is 9.52. The fraction of sp³-hybridized carbons (Fsp3) is 0.455. The molecule has 0 aliphatic heterocycles. The van der Waals surface area contributed by atoms with Gasteiger partial charge in [0.15, 0.2) is 0 Å². The Morgan fingerprint density at radius 1 is 1.59 bits per heavy atom. The molecule has 0 radical (unpaired) electrons. The average Bonchev–Trinajstić information content (AvgIpc) is 2.25. The molecule has 1 aromatic rings. The van der Waals surface area contributed by atoms with Crippen LogP contribution in [0.25, 0.3) is 0 Å². The van der Waals surface area contributed by atoms with Gasteiger partial charge in [-0.1, -0.05) is 11.6 Å². The minimum absolute atomic E-state index is 0.0294. The highest BCUT2D eigenvalue weighted by Gasteiger charge is 2.09. The lowest BCUT2D eigenvalue weighted by Crippen LogP contribution is -2.18. The van der Waals surface area contributed by atoms with Crippen molar-refractivity contribution in [2.45, 2.75) is 26.0 Å². The standard InChI is InChI=1S/C11H15ClN2O3/c1-8(15)4-5-13-7-9-6-10(14(16)17)2-3-11(9)12/h2-3,6,8,13,15H,4-5,7H2,1H3. The van der Waals surface area contributed by atoms with Crippen molar-refractivity contribution in [1.29, 1.82) is 0 Å². The number of nitro groups is 1. The van der Waals surface area contributed by atoms with Gasteiger partial charge in [0, 0.05) is 23.7 Å². The Labute approximate surface area is 105 Å². The lowest BCUT2D eigenvalue weighted by molar-refractivity contribution is -0.384. The summed E-state index contributed by atoms with van der Waals surface area (Å²) >= 11 is 5.93. The largest absolute Gasteiger partial charge is 0.393 e. The molecule has 0 aromatic heterocycles. The summed E-state index contributed by atoms with van der Waals surface area (Å²) in [7, 11) is 0. The number of benzene rings is 1. The molecule has 1 unspecified atom stereocenters. The quantitative estimate of drug-likeness (QED) is 0.466. The Bertz CT molecular complexity index is 396. The number of non-ortho nitro benzene ring substituents is 1. The van der Waals surface area contributed by atoms with Crippen molar-refractivity contribution < 1.29 is 10.0 Å². The zero-order valence-corrected chi connectivity index (χ0v) is 10.3. The zero-order chi connectivity index (χ0) is 12.8. The number of aliphatic hydroxyl groups excluding tert-OH is 1. The molecule has 1 rings (SSSR count). The molecule has 0 spiro atoms. The van der Waals surface area contributed by atoms with Gasteiger partial charge in [-0.05, 0) is 31.5 Å². The van der Waals surface area contributed by atoms with Crippen molar-refractivity contribution in [3.8, 4) is 0 Å². The molecular formula is C11H15ClN2O3. The van der Waals surface area contributed by atoms with Crippen molar-refractivity contribution in [3.05, 3.63) is 38.9 Å². The summed E-state index contributed by atoms with van der Waals surface area (Å²) in [6.07, 6.45) is 0.273. The van der Waals surface area contributed by atoms with Crippen LogP contribution in [0.1, 0.15) is 18.9 Å². The summed E-state index contributed by atoms with van der Waals surface area (Å²) in [5.41, 5.74) is 0.716. The molecule has 6 heteroatoms. The molecule has 0 saturated heterocycles. The number of halogens is 1. The van der Waals surface area contributed by atoms with Crippen LogP contribution in [-0.4, -0.2) is 22.7 Å². The molecule has 0 aliphatic rings. The van der Waals surface area contributed by atoms with Gasteiger partial charge in [-0.25, -0.2) is 0 Å². The predicted octanol–water partition coefficient (Wildman–Crippen LogP) is 2.11. The van der Waals surface area contributed by atoms with Crippen LogP contribution in [0, 0.1) is 10.1 Å². The number of hydrogen-bond donors (Lipinski definition) is 2. The molecule has 0 saturated carbocycles. The summed E-state index contributed by atoms with van der Waals surface area (Å²) < 4.78 is 0. The molecule has 5 nitrogen and oxygen atoms in total. The maximum atomic E-state index is 10.6. The molecule has 0 amide bonds. The fourth-order valence-corrected chi connectivity index (χ4v) is 1.53. The number of rotatable bonds is 6. The smallest absolute Gasteiger partial charge is 0.269 e. The summed E-state index contributed by atoms with van der Waals surface area (Å²) in [6, 6.07) is 4.35. The lowest BCUT2D eigenvalue weighted by Gasteiger charge is -2.07. The molecule has 2 N–H and O–H groups in total. The van der Waals surface area contributed by atoms with Crippen molar-refractivity contribution >= 4 is 17.3 Å². The minimum Gasteiger partial charge on any atom is -0.393 e. The number of nitrogens with one attached hydrogen (secondary N) is 1. The number of hydrogen-bond acceptors (Lipinski definition) is 4. The van der Waals surface area contributed by atoms with E-state index in [4.69, 9.17) is 16.7 Å². The van der Waals surface area contributed by atoms with E-state index in [0.717, 1.165) is 0 Å². The van der Waals surface area contributed by atoms with Crippen LogP contribution in [0.2, 0.25) is 5.02 Å². The third kappa shape index (κ3) is 4.68. The van der Waals surface area contributed by atoms with Crippen LogP contribution in [-0.2, 0) is 6.54 Å². The first-order valence-corrected chi connectivity index (χ1v) is 5.70. The number of aliphatic hydroxyl groups is 1. The summed E-state index contributed by atoms with van der Waals surface area (Å²) in [5.74, 6) is 0. The second-order valence-electron chi connectivity index (χ2n) is 3.85. The molecule has 94 valence electrons. The molecule has 0 bridgehead atoms. The van der Waals surface area contributed by atoms with E-state index in [-0.39, 0.29) is 11.8 Å². The first-order valence-electron chi connectivity index (χ1n) is 5.32. The van der Waals surface area contributed by atoms with Gasteiger partial charge >= 0.3 is 0 Å². The third-order valence-corrected chi connectivity index (χ3v) is 2.66. The van der Waals surface area contributed by atoms with E-state index in [0.29, 0.717) is 30.1 Å². The van der Waals surface area contributed by atoms with Crippen molar-refractivity contribution in [3.63, 3.8) is 0 Å². The van der Waals surface area contributed by atoms with Gasteiger partial charge in [-0.15, -0.1) is 0 Å². The minimum atomic E-state index is -0.449. The van der Waals surface area contributed by atoms with Gasteiger partial charge in [-0.2, -0.15) is 0 Å². The predicted molar refractivity (Wildman–Crippen MR) is 66.1 cm³/mol. The Morgan fingerprint density at radius 3 is 2.88 bits per heavy atom. The molecule has 1 aromatic carbocycles. The van der Waals surface area contributed by atoms with Crippen molar-refractivity contribution in [1.82, 2.24) is 5.32 Å². The Balaban J connectivity index is 2.57. The normalized spacial score (nSPS) is 12.4. The molecule has 0 aliphatic carbocycles. The second kappa shape index (κ2) is 6.54. The first-order chi connectivity index (χ1) is 8.00. The van der Waals surface area contributed by atoms with Gasteiger partial charge in [0.25, 0.3) is 5.69 Å². The summed E-state index contributed by atoms with van der Waals surface area (Å²) in [4.78, 5) is 10.1. The van der Waals surface area contributed by atoms with E-state index < -0.39 is 4.92 Å². The van der Waals surface area contributed by atoms with E-state index in [1.54, 1.807) is 6.92 Å². The molecule has 0 heterocycles. The molecular weight excluding hydrogens is 244 g/mol. The Morgan fingerprint density at radius 2 is 2.29 bits per heavy atom. The van der Waals surface area contributed by atoms with Crippen molar-refractivity contribution in [2.24, 2.45) is 0 Å². The van der Waals surface area contributed by atoms with E-state index in [2.05, 4.69) is 5.32 Å². The van der Waals surface area contributed by atoms with E-state index in [1.807, 2.05) is 0 Å². The lowest BCUT2D eigenvalue weighted by atomic mass is 10.2. The highest BCUT2D eigenvalue weighted by molar-refractivity contribution is 6.31. The summed E-state index contributed by atoms with van der Waals surface area (Å²) in [5, 5.41) is 23.2. The first kappa shape index (κ1) is 13.9. The van der Waals surface area contributed by atoms with Crippen LogP contribution in [0.3, 0.4) is 0 Å². The third-order valence-electron chi connectivity index (χ3n) is 2.29. The van der Waals surface area contributed by atoms with Crippen LogP contribution in [0.15, 0.2) is 18.2 Å². The topological polar surface area (TPSA) is 75.4 Å². The van der Waals surface area contributed by atoms with Gasteiger partial charge < -0.3 is 10.4 Å². The van der Waals surface area contributed by atoms with E-state index in [9.17, 15) is 10.1 Å². The van der Waals surface area contributed by atoms with E-state index in [1.165, 1.54) is 18.2 Å². The average molecular weight is 259 g/mol. The Hall–Kier alpha value is -1.17. The van der Waals surface area contributed by atoms with Crippen LogP contribution >= 0.6 is 11.6 Å². The van der Waals surface area contributed by atoms with Gasteiger partial charge in [0.2, 0.25) is 0 Å². The fourth-order valence-electron chi connectivity index (χ4n) is 1.34. The van der Waals surface area contributed by atoms with Gasteiger partial charge in [0.1, 0.15) is 0 Å². The highest BCUT2D eigenvalue weighted by atomic mass is 35.5. The molecule has 1 atom stereocenters. The van der Waals surface area contributed by atoms with Crippen LogP contribution < -0.4 is 5.32 Å². The Kier molecular flexibility index (Phi) is 5.34. The summed E-state index contributed by atoms with van der Waals surface area (Å²) in [6.45, 7) is 2.80. The molecule has 0 fully saturated rings. The molecule has 17 heavy (non-hydrogen) atoms. The monoisotopic (exact) mass is 258 g/mol. The van der Waals surface area contributed by atoms with Crippen molar-refractivity contribution in [2.75, 3.05) is 6.54 Å². The number of nitrogens with zero attached hydrogens (tertiary/aromatic N) is 1. The maximum Gasteiger partial charge on any atom is 0.269 e. The highest BCUT2D eigenvalue weighted by Crippen LogP contribution is 2.21. The second-order valence-corrected chi connectivity index (χ2v) is 4.25. The van der Waals surface area contributed by atoms with Crippen LogP contribution in [0.5, 0.6) is 0 Å². The SMILES string of the molecule is CC(O)CCNCc1cc([N+](=O)[O-])ccc1Cl. The van der Waals surface area contributed by atoms with Crippen LogP contribution in [0.4, 0.5) is 5.69 Å². The van der Waals surface area contributed by atoms with Gasteiger partial charge in [0.05, 0.1) is 11.0 Å².